The predicted octanol–water partition coefficient (Wildman–Crippen LogP) is 3.04. The van der Waals surface area contributed by atoms with E-state index in [0.717, 1.165) is 13.0 Å². The fraction of sp³-hybridized carbons (Fsp3) is 0.538. The second-order valence-electron chi connectivity index (χ2n) is 4.50. The first-order chi connectivity index (χ1) is 8.45. The number of nitrogens with zero attached hydrogens (tertiary/aromatic N) is 2. The molecule has 1 aromatic heterocycles. The van der Waals surface area contributed by atoms with Gasteiger partial charge in [0.25, 0.3) is 5.91 Å². The maximum Gasteiger partial charge on any atom is 0.254 e. The van der Waals surface area contributed by atoms with Crippen LogP contribution in [0.5, 0.6) is 0 Å². The van der Waals surface area contributed by atoms with Crippen LogP contribution in [0, 0.1) is 0 Å². The van der Waals surface area contributed by atoms with Gasteiger partial charge in [-0.3, -0.25) is 4.79 Å². The number of amides is 1. The Bertz CT molecular complexity index is 421. The molecule has 5 heteroatoms. The van der Waals surface area contributed by atoms with E-state index >= 15 is 0 Å². The van der Waals surface area contributed by atoms with Gasteiger partial charge in [-0.2, -0.15) is 0 Å². The Morgan fingerprint density at radius 2 is 2.17 bits per heavy atom. The highest BCUT2D eigenvalue weighted by Crippen LogP contribution is 2.16. The molecule has 100 valence electrons. The third-order valence-electron chi connectivity index (χ3n) is 2.69. The van der Waals surface area contributed by atoms with Gasteiger partial charge in [-0.05, 0) is 32.4 Å². The molecular formula is C13H20ClN3O. The Kier molecular flexibility index (Phi) is 5.41. The number of hydrogen-bond donors (Lipinski definition) is 1. The van der Waals surface area contributed by atoms with Crippen molar-refractivity contribution in [3.63, 3.8) is 0 Å². The molecule has 1 heterocycles. The zero-order valence-corrected chi connectivity index (χ0v) is 12.1. The van der Waals surface area contributed by atoms with Gasteiger partial charge in [-0.25, -0.2) is 4.98 Å². The lowest BCUT2D eigenvalue weighted by molar-refractivity contribution is 0.0755. The standard InChI is InChI=1S/C13H20ClN3O/c1-5-6-15-12-8-10(7-11(14)16-12)13(18)17(4)9(2)3/h7-9H,5-6H2,1-4H3,(H,15,16). The van der Waals surface area contributed by atoms with Gasteiger partial charge >= 0.3 is 0 Å². The van der Waals surface area contributed by atoms with Crippen LogP contribution in [0.2, 0.25) is 5.15 Å². The molecule has 1 N–H and O–H groups in total. The summed E-state index contributed by atoms with van der Waals surface area (Å²) < 4.78 is 0. The van der Waals surface area contributed by atoms with Gasteiger partial charge in [0.1, 0.15) is 11.0 Å². The van der Waals surface area contributed by atoms with Crippen molar-refractivity contribution in [1.82, 2.24) is 9.88 Å². The lowest BCUT2D eigenvalue weighted by Crippen LogP contribution is -2.33. The first-order valence-electron chi connectivity index (χ1n) is 6.14. The van der Waals surface area contributed by atoms with Crippen molar-refractivity contribution in [1.29, 1.82) is 0 Å². The van der Waals surface area contributed by atoms with E-state index in [-0.39, 0.29) is 11.9 Å². The molecule has 0 saturated carbocycles. The van der Waals surface area contributed by atoms with Gasteiger partial charge < -0.3 is 10.2 Å². The molecule has 18 heavy (non-hydrogen) atoms. The molecule has 1 rings (SSSR count). The summed E-state index contributed by atoms with van der Waals surface area (Å²) in [5, 5.41) is 3.46. The van der Waals surface area contributed by atoms with Gasteiger partial charge in [-0.15, -0.1) is 0 Å². The van der Waals surface area contributed by atoms with Crippen molar-refractivity contribution < 1.29 is 4.79 Å². The van der Waals surface area contributed by atoms with Crippen LogP contribution in [0.4, 0.5) is 5.82 Å². The van der Waals surface area contributed by atoms with E-state index in [9.17, 15) is 4.79 Å². The maximum absolute atomic E-state index is 12.2. The molecule has 0 unspecified atom stereocenters. The number of hydrogen-bond acceptors (Lipinski definition) is 3. The molecule has 0 aliphatic rings. The summed E-state index contributed by atoms with van der Waals surface area (Å²) >= 11 is 5.94. The van der Waals surface area contributed by atoms with E-state index in [4.69, 9.17) is 11.6 Å². The summed E-state index contributed by atoms with van der Waals surface area (Å²) in [6.07, 6.45) is 0.989. The number of anilines is 1. The average Bonchev–Trinajstić information content (AvgIpc) is 2.33. The minimum atomic E-state index is -0.0474. The minimum absolute atomic E-state index is 0.0474. The van der Waals surface area contributed by atoms with Crippen molar-refractivity contribution in [3.8, 4) is 0 Å². The zero-order valence-electron chi connectivity index (χ0n) is 11.3. The van der Waals surface area contributed by atoms with Gasteiger partial charge in [0, 0.05) is 25.2 Å². The predicted molar refractivity (Wildman–Crippen MR) is 75.3 cm³/mol. The molecule has 4 nitrogen and oxygen atoms in total. The third kappa shape index (κ3) is 3.88. The average molecular weight is 270 g/mol. The Morgan fingerprint density at radius 3 is 2.72 bits per heavy atom. The quantitative estimate of drug-likeness (QED) is 0.836. The molecule has 0 fully saturated rings. The molecule has 0 saturated heterocycles. The van der Waals surface area contributed by atoms with Crippen molar-refractivity contribution in [2.24, 2.45) is 0 Å². The van der Waals surface area contributed by atoms with Crippen LogP contribution < -0.4 is 5.32 Å². The number of aromatic nitrogens is 1. The highest BCUT2D eigenvalue weighted by Gasteiger charge is 2.16. The van der Waals surface area contributed by atoms with Gasteiger partial charge in [-0.1, -0.05) is 18.5 Å². The van der Waals surface area contributed by atoms with Crippen LogP contribution in [0.3, 0.4) is 0 Å². The minimum Gasteiger partial charge on any atom is -0.370 e. The highest BCUT2D eigenvalue weighted by molar-refractivity contribution is 6.29. The number of halogens is 1. The Morgan fingerprint density at radius 1 is 1.50 bits per heavy atom. The summed E-state index contributed by atoms with van der Waals surface area (Å²) in [5.41, 5.74) is 0.560. The van der Waals surface area contributed by atoms with Gasteiger partial charge in [0.05, 0.1) is 0 Å². The van der Waals surface area contributed by atoms with Crippen molar-refractivity contribution in [3.05, 3.63) is 22.8 Å². The number of nitrogens with one attached hydrogen (secondary N) is 1. The third-order valence-corrected chi connectivity index (χ3v) is 2.89. The van der Waals surface area contributed by atoms with E-state index in [0.29, 0.717) is 16.5 Å². The largest absolute Gasteiger partial charge is 0.370 e. The summed E-state index contributed by atoms with van der Waals surface area (Å²) in [4.78, 5) is 18.0. The van der Waals surface area contributed by atoms with Crippen LogP contribution in [0.25, 0.3) is 0 Å². The Balaban J connectivity index is 2.95. The summed E-state index contributed by atoms with van der Waals surface area (Å²) in [5.74, 6) is 0.596. The summed E-state index contributed by atoms with van der Waals surface area (Å²) in [6, 6.07) is 3.49. The van der Waals surface area contributed by atoms with Crippen molar-refractivity contribution in [2.45, 2.75) is 33.2 Å². The zero-order chi connectivity index (χ0) is 13.7. The Hall–Kier alpha value is -1.29. The van der Waals surface area contributed by atoms with E-state index in [1.807, 2.05) is 13.8 Å². The number of rotatable bonds is 5. The first-order valence-corrected chi connectivity index (χ1v) is 6.52. The fourth-order valence-corrected chi connectivity index (χ4v) is 1.61. The molecule has 0 spiro atoms. The summed E-state index contributed by atoms with van der Waals surface area (Å²) in [6.45, 7) is 6.81. The van der Waals surface area contributed by atoms with E-state index in [1.165, 1.54) is 0 Å². The lowest BCUT2D eigenvalue weighted by atomic mass is 10.2. The first kappa shape index (κ1) is 14.8. The molecule has 0 aliphatic heterocycles. The number of pyridine rings is 1. The highest BCUT2D eigenvalue weighted by atomic mass is 35.5. The topological polar surface area (TPSA) is 45.2 Å². The Labute approximate surface area is 113 Å². The van der Waals surface area contributed by atoms with Crippen molar-refractivity contribution in [2.75, 3.05) is 18.9 Å². The molecule has 0 aliphatic carbocycles. The summed E-state index contributed by atoms with van der Waals surface area (Å²) in [7, 11) is 1.78. The fourth-order valence-electron chi connectivity index (χ4n) is 1.40. The second-order valence-corrected chi connectivity index (χ2v) is 4.89. The van der Waals surface area contributed by atoms with E-state index in [2.05, 4.69) is 17.2 Å². The number of carbonyl (C=O) groups excluding carboxylic acids is 1. The van der Waals surface area contributed by atoms with Crippen LogP contribution in [-0.2, 0) is 0 Å². The molecule has 0 aromatic carbocycles. The molecule has 1 amide bonds. The van der Waals surface area contributed by atoms with Gasteiger partial charge in [0.15, 0.2) is 0 Å². The molecule has 1 aromatic rings. The van der Waals surface area contributed by atoms with E-state index in [1.54, 1.807) is 24.1 Å². The number of carbonyl (C=O) groups is 1. The maximum atomic E-state index is 12.2. The molecule has 0 bridgehead atoms. The normalized spacial score (nSPS) is 10.6. The van der Waals surface area contributed by atoms with Gasteiger partial charge in [0.2, 0.25) is 0 Å². The molecule has 0 radical (unpaired) electrons. The van der Waals surface area contributed by atoms with Crippen LogP contribution in [0.1, 0.15) is 37.6 Å². The molecule has 0 atom stereocenters. The van der Waals surface area contributed by atoms with Crippen LogP contribution in [-0.4, -0.2) is 35.4 Å². The van der Waals surface area contributed by atoms with Crippen molar-refractivity contribution >= 4 is 23.3 Å². The monoisotopic (exact) mass is 269 g/mol. The van der Waals surface area contributed by atoms with E-state index < -0.39 is 0 Å². The smallest absolute Gasteiger partial charge is 0.254 e. The molecular weight excluding hydrogens is 250 g/mol. The van der Waals surface area contributed by atoms with Crippen LogP contribution >= 0.6 is 11.6 Å². The van der Waals surface area contributed by atoms with Crippen LogP contribution in [0.15, 0.2) is 12.1 Å². The lowest BCUT2D eigenvalue weighted by Gasteiger charge is -2.21. The second kappa shape index (κ2) is 6.59. The SMILES string of the molecule is CCCNc1cc(C(=O)N(C)C(C)C)cc(Cl)n1.